The van der Waals surface area contributed by atoms with Gasteiger partial charge in [0.15, 0.2) is 0 Å². The molecule has 2 aromatic rings. The van der Waals surface area contributed by atoms with Crippen LogP contribution in [-0.2, 0) is 0 Å². The summed E-state index contributed by atoms with van der Waals surface area (Å²) < 4.78 is 5.79. The highest BCUT2D eigenvalue weighted by Gasteiger charge is 2.12. The molecular weight excluding hydrogens is 302 g/mol. The molecule has 4 heteroatoms. The number of carbonyl (C=O) groups excluding carboxylic acids is 1. The molecule has 0 radical (unpaired) electrons. The van der Waals surface area contributed by atoms with Gasteiger partial charge >= 0.3 is 0 Å². The number of amides is 1. The smallest absolute Gasteiger partial charge is 0.259 e. The molecule has 1 amide bonds. The van der Waals surface area contributed by atoms with E-state index >= 15 is 0 Å². The van der Waals surface area contributed by atoms with Crippen LogP contribution in [-0.4, -0.2) is 17.6 Å². The van der Waals surface area contributed by atoms with E-state index in [1.165, 1.54) is 31.4 Å². The fourth-order valence-electron chi connectivity index (χ4n) is 2.41. The van der Waals surface area contributed by atoms with Crippen LogP contribution in [0.4, 0.5) is 5.69 Å². The van der Waals surface area contributed by atoms with Crippen molar-refractivity contribution < 1.29 is 14.6 Å². The zero-order valence-electron chi connectivity index (χ0n) is 14.1. The molecule has 0 unspecified atom stereocenters. The molecular formula is C20H25NO3. The average Bonchev–Trinajstić information content (AvgIpc) is 2.60. The minimum atomic E-state index is -0.220. The van der Waals surface area contributed by atoms with E-state index in [4.69, 9.17) is 4.74 Å². The summed E-state index contributed by atoms with van der Waals surface area (Å²) in [5.74, 6) is 0.548. The molecule has 24 heavy (non-hydrogen) atoms. The molecule has 0 aromatic heterocycles. The first-order chi connectivity index (χ1) is 11.7. The molecule has 0 atom stereocenters. The van der Waals surface area contributed by atoms with Crippen molar-refractivity contribution in [3.63, 3.8) is 0 Å². The first kappa shape index (κ1) is 17.9. The SMILES string of the molecule is CCCCCCCOc1ccccc1C(=O)Nc1ccc(O)cc1. The molecule has 0 heterocycles. The van der Waals surface area contributed by atoms with Crippen LogP contribution < -0.4 is 10.1 Å². The van der Waals surface area contributed by atoms with Crippen molar-refractivity contribution in [2.24, 2.45) is 0 Å². The minimum absolute atomic E-state index is 0.166. The fraction of sp³-hybridized carbons (Fsp3) is 0.350. The second-order valence-corrected chi connectivity index (χ2v) is 5.76. The Hall–Kier alpha value is -2.49. The van der Waals surface area contributed by atoms with E-state index in [1.54, 1.807) is 18.2 Å². The van der Waals surface area contributed by atoms with Gasteiger partial charge in [0.25, 0.3) is 5.91 Å². The Labute approximate surface area is 143 Å². The van der Waals surface area contributed by atoms with Crippen LogP contribution in [0.25, 0.3) is 0 Å². The number of hydrogen-bond acceptors (Lipinski definition) is 3. The Morgan fingerprint density at radius 3 is 2.46 bits per heavy atom. The van der Waals surface area contributed by atoms with E-state index in [0.29, 0.717) is 23.6 Å². The van der Waals surface area contributed by atoms with Gasteiger partial charge in [-0.2, -0.15) is 0 Å². The quantitative estimate of drug-likeness (QED) is 0.503. The Morgan fingerprint density at radius 2 is 1.71 bits per heavy atom. The molecule has 0 bridgehead atoms. The van der Waals surface area contributed by atoms with Crippen molar-refractivity contribution in [3.8, 4) is 11.5 Å². The predicted octanol–water partition coefficient (Wildman–Crippen LogP) is 4.99. The molecule has 128 valence electrons. The highest BCUT2D eigenvalue weighted by atomic mass is 16.5. The lowest BCUT2D eigenvalue weighted by atomic mass is 10.1. The highest BCUT2D eigenvalue weighted by Crippen LogP contribution is 2.21. The van der Waals surface area contributed by atoms with Gasteiger partial charge in [-0.3, -0.25) is 4.79 Å². The van der Waals surface area contributed by atoms with Crippen molar-refractivity contribution in [1.82, 2.24) is 0 Å². The normalized spacial score (nSPS) is 10.4. The molecule has 4 nitrogen and oxygen atoms in total. The molecule has 0 saturated heterocycles. The van der Waals surface area contributed by atoms with Crippen LogP contribution in [0.3, 0.4) is 0 Å². The van der Waals surface area contributed by atoms with Crippen molar-refractivity contribution in [2.45, 2.75) is 39.0 Å². The van der Waals surface area contributed by atoms with E-state index in [2.05, 4.69) is 12.2 Å². The molecule has 0 fully saturated rings. The van der Waals surface area contributed by atoms with Crippen LogP contribution in [0.5, 0.6) is 11.5 Å². The zero-order valence-corrected chi connectivity index (χ0v) is 14.1. The van der Waals surface area contributed by atoms with E-state index in [1.807, 2.05) is 18.2 Å². The zero-order chi connectivity index (χ0) is 17.2. The third-order valence-electron chi connectivity index (χ3n) is 3.76. The number of aromatic hydroxyl groups is 1. The monoisotopic (exact) mass is 327 g/mol. The number of hydrogen-bond donors (Lipinski definition) is 2. The van der Waals surface area contributed by atoms with Crippen LogP contribution in [0.1, 0.15) is 49.4 Å². The van der Waals surface area contributed by atoms with Crippen LogP contribution in [0.2, 0.25) is 0 Å². The number of ether oxygens (including phenoxy) is 1. The third kappa shape index (κ3) is 5.61. The standard InChI is InChI=1S/C20H25NO3/c1-2-3-4-5-8-15-24-19-10-7-6-9-18(19)20(23)21-16-11-13-17(22)14-12-16/h6-7,9-14,22H,2-5,8,15H2,1H3,(H,21,23). The summed E-state index contributed by atoms with van der Waals surface area (Å²) in [7, 11) is 0. The number of carbonyl (C=O) groups is 1. The van der Waals surface area contributed by atoms with Crippen molar-refractivity contribution in [1.29, 1.82) is 0 Å². The van der Waals surface area contributed by atoms with Gasteiger partial charge in [-0.05, 0) is 42.8 Å². The second kappa shape index (κ2) is 9.60. The van der Waals surface area contributed by atoms with Crippen molar-refractivity contribution >= 4 is 11.6 Å². The summed E-state index contributed by atoms with van der Waals surface area (Å²) in [5, 5.41) is 12.1. The van der Waals surface area contributed by atoms with Gasteiger partial charge in [0.05, 0.1) is 12.2 Å². The Kier molecular flexibility index (Phi) is 7.15. The molecule has 2 rings (SSSR count). The first-order valence-electron chi connectivity index (χ1n) is 8.53. The van der Waals surface area contributed by atoms with E-state index in [9.17, 15) is 9.90 Å². The van der Waals surface area contributed by atoms with Gasteiger partial charge in [0, 0.05) is 5.69 Å². The van der Waals surface area contributed by atoms with E-state index in [-0.39, 0.29) is 11.7 Å². The molecule has 2 N–H and O–H groups in total. The molecule has 0 aliphatic heterocycles. The number of phenolic OH excluding ortho intramolecular Hbond substituents is 1. The van der Waals surface area contributed by atoms with Gasteiger partial charge in [0.1, 0.15) is 11.5 Å². The number of para-hydroxylation sites is 1. The average molecular weight is 327 g/mol. The number of unbranched alkanes of at least 4 members (excludes halogenated alkanes) is 4. The summed E-state index contributed by atoms with van der Waals surface area (Å²) in [6.45, 7) is 2.81. The number of nitrogens with one attached hydrogen (secondary N) is 1. The fourth-order valence-corrected chi connectivity index (χ4v) is 2.41. The number of anilines is 1. The van der Waals surface area contributed by atoms with Gasteiger partial charge in [0.2, 0.25) is 0 Å². The van der Waals surface area contributed by atoms with Crippen molar-refractivity contribution in [3.05, 3.63) is 54.1 Å². The molecule has 2 aromatic carbocycles. The molecule has 0 aliphatic rings. The van der Waals surface area contributed by atoms with E-state index < -0.39 is 0 Å². The van der Waals surface area contributed by atoms with Crippen LogP contribution in [0.15, 0.2) is 48.5 Å². The summed E-state index contributed by atoms with van der Waals surface area (Å²) in [6, 6.07) is 13.6. The predicted molar refractivity (Wildman–Crippen MR) is 96.8 cm³/mol. The molecule has 0 saturated carbocycles. The van der Waals surface area contributed by atoms with Crippen LogP contribution >= 0.6 is 0 Å². The molecule has 0 spiro atoms. The Balaban J connectivity index is 1.92. The summed E-state index contributed by atoms with van der Waals surface area (Å²) in [6.07, 6.45) is 5.85. The Morgan fingerprint density at radius 1 is 1.00 bits per heavy atom. The lowest BCUT2D eigenvalue weighted by Gasteiger charge is -2.12. The van der Waals surface area contributed by atoms with E-state index in [0.717, 1.165) is 12.8 Å². The maximum Gasteiger partial charge on any atom is 0.259 e. The van der Waals surface area contributed by atoms with Crippen molar-refractivity contribution in [2.75, 3.05) is 11.9 Å². The number of rotatable bonds is 9. The largest absolute Gasteiger partial charge is 0.508 e. The lowest BCUT2D eigenvalue weighted by molar-refractivity contribution is 0.102. The molecule has 0 aliphatic carbocycles. The Bertz CT molecular complexity index is 638. The summed E-state index contributed by atoms with van der Waals surface area (Å²) in [5.41, 5.74) is 1.14. The number of benzene rings is 2. The summed E-state index contributed by atoms with van der Waals surface area (Å²) in [4.78, 5) is 12.4. The maximum absolute atomic E-state index is 12.4. The van der Waals surface area contributed by atoms with Gasteiger partial charge in [-0.1, -0.05) is 44.7 Å². The lowest BCUT2D eigenvalue weighted by Crippen LogP contribution is -2.13. The maximum atomic E-state index is 12.4. The van der Waals surface area contributed by atoms with Gasteiger partial charge in [-0.15, -0.1) is 0 Å². The first-order valence-corrected chi connectivity index (χ1v) is 8.53. The van der Waals surface area contributed by atoms with Crippen LogP contribution in [0, 0.1) is 0 Å². The minimum Gasteiger partial charge on any atom is -0.508 e. The number of phenols is 1. The van der Waals surface area contributed by atoms with Gasteiger partial charge in [-0.25, -0.2) is 0 Å². The second-order valence-electron chi connectivity index (χ2n) is 5.76. The third-order valence-corrected chi connectivity index (χ3v) is 3.76. The topological polar surface area (TPSA) is 58.6 Å². The van der Waals surface area contributed by atoms with Gasteiger partial charge < -0.3 is 15.2 Å². The highest BCUT2D eigenvalue weighted by molar-refractivity contribution is 6.06. The summed E-state index contributed by atoms with van der Waals surface area (Å²) >= 11 is 0.